The fourth-order valence-electron chi connectivity index (χ4n) is 1.83. The number of carbonyl (C=O) groups is 1. The third-order valence-electron chi connectivity index (χ3n) is 2.94. The van der Waals surface area contributed by atoms with Gasteiger partial charge in [0.25, 0.3) is 0 Å². The Morgan fingerprint density at radius 1 is 1.19 bits per heavy atom. The number of amides is 1. The first-order valence-electron chi connectivity index (χ1n) is 7.41. The molecule has 1 saturated heterocycles. The minimum Gasteiger partial charge on any atom is -0.444 e. The minimum absolute atomic E-state index is 0.123. The molecule has 21 heavy (non-hydrogen) atoms. The Morgan fingerprint density at radius 2 is 1.71 bits per heavy atom. The van der Waals surface area contributed by atoms with Crippen LogP contribution in [0.1, 0.15) is 48.5 Å². The van der Waals surface area contributed by atoms with Crippen molar-refractivity contribution in [2.45, 2.75) is 71.4 Å². The Balaban J connectivity index is 2.34. The van der Waals surface area contributed by atoms with Gasteiger partial charge in [0.15, 0.2) is 5.79 Å². The van der Waals surface area contributed by atoms with Gasteiger partial charge in [0.1, 0.15) is 5.60 Å². The summed E-state index contributed by atoms with van der Waals surface area (Å²) in [6, 6.07) is 0.123. The molecular weight excluding hydrogens is 272 g/mol. The second-order valence-electron chi connectivity index (χ2n) is 7.61. The Hall–Kier alpha value is -0.850. The van der Waals surface area contributed by atoms with Crippen molar-refractivity contribution in [2.24, 2.45) is 0 Å². The predicted molar refractivity (Wildman–Crippen MR) is 81.2 cm³/mol. The van der Waals surface area contributed by atoms with Gasteiger partial charge in [-0.15, -0.1) is 0 Å². The van der Waals surface area contributed by atoms with E-state index in [9.17, 15) is 4.79 Å². The van der Waals surface area contributed by atoms with Gasteiger partial charge in [0.2, 0.25) is 0 Å². The molecule has 1 aliphatic rings. The van der Waals surface area contributed by atoms with Crippen LogP contribution in [0.3, 0.4) is 0 Å². The van der Waals surface area contributed by atoms with Gasteiger partial charge < -0.3 is 24.8 Å². The molecule has 0 aromatic rings. The molecule has 0 radical (unpaired) electrons. The summed E-state index contributed by atoms with van der Waals surface area (Å²) < 4.78 is 16.5. The van der Waals surface area contributed by atoms with Crippen LogP contribution < -0.4 is 10.6 Å². The number of carbonyl (C=O) groups excluding carboxylic acids is 1. The SMILES string of the molecule is CC(C)(CNC1COC(C)(C)OC1)NC(=O)OC(C)(C)C. The van der Waals surface area contributed by atoms with Crippen LogP contribution >= 0.6 is 0 Å². The normalized spacial score (nSPS) is 20.1. The van der Waals surface area contributed by atoms with Gasteiger partial charge in [-0.25, -0.2) is 4.79 Å². The number of ether oxygens (including phenoxy) is 3. The number of hydrogen-bond donors (Lipinski definition) is 2. The quantitative estimate of drug-likeness (QED) is 0.831. The van der Waals surface area contributed by atoms with Crippen LogP contribution in [0.25, 0.3) is 0 Å². The van der Waals surface area contributed by atoms with Crippen molar-refractivity contribution in [3.8, 4) is 0 Å². The summed E-state index contributed by atoms with van der Waals surface area (Å²) in [5.74, 6) is -0.511. The fourth-order valence-corrected chi connectivity index (χ4v) is 1.83. The maximum absolute atomic E-state index is 11.8. The van der Waals surface area contributed by atoms with Gasteiger partial charge in [-0.05, 0) is 48.5 Å². The van der Waals surface area contributed by atoms with Gasteiger partial charge in [-0.3, -0.25) is 0 Å². The lowest BCUT2D eigenvalue weighted by molar-refractivity contribution is -0.253. The highest BCUT2D eigenvalue weighted by atomic mass is 16.7. The van der Waals surface area contributed by atoms with E-state index in [2.05, 4.69) is 10.6 Å². The second-order valence-corrected chi connectivity index (χ2v) is 7.61. The van der Waals surface area contributed by atoms with Gasteiger partial charge in [0.05, 0.1) is 24.8 Å². The lowest BCUT2D eigenvalue weighted by Gasteiger charge is -2.37. The third-order valence-corrected chi connectivity index (χ3v) is 2.94. The van der Waals surface area contributed by atoms with Crippen LogP contribution in [0, 0.1) is 0 Å². The highest BCUT2D eigenvalue weighted by molar-refractivity contribution is 5.68. The molecule has 6 heteroatoms. The van der Waals surface area contributed by atoms with E-state index < -0.39 is 23.0 Å². The number of alkyl carbamates (subject to hydrolysis) is 1. The van der Waals surface area contributed by atoms with E-state index >= 15 is 0 Å². The minimum atomic E-state index is -0.511. The molecule has 0 saturated carbocycles. The molecular formula is C15H30N2O4. The van der Waals surface area contributed by atoms with Crippen LogP contribution in [0.5, 0.6) is 0 Å². The summed E-state index contributed by atoms with van der Waals surface area (Å²) in [7, 11) is 0. The smallest absolute Gasteiger partial charge is 0.408 e. The molecule has 1 amide bonds. The first kappa shape index (κ1) is 18.2. The Bertz CT molecular complexity index is 351. The lowest BCUT2D eigenvalue weighted by Crippen LogP contribution is -2.56. The van der Waals surface area contributed by atoms with E-state index in [0.717, 1.165) is 0 Å². The molecule has 0 bridgehead atoms. The monoisotopic (exact) mass is 302 g/mol. The summed E-state index contributed by atoms with van der Waals surface area (Å²) >= 11 is 0. The summed E-state index contributed by atoms with van der Waals surface area (Å²) in [4.78, 5) is 11.8. The molecule has 0 aliphatic carbocycles. The molecule has 1 aliphatic heterocycles. The van der Waals surface area contributed by atoms with E-state index in [1.165, 1.54) is 0 Å². The molecule has 1 fully saturated rings. The van der Waals surface area contributed by atoms with Gasteiger partial charge in [0, 0.05) is 6.54 Å². The van der Waals surface area contributed by atoms with Crippen LogP contribution in [0.4, 0.5) is 4.79 Å². The van der Waals surface area contributed by atoms with Gasteiger partial charge in [-0.2, -0.15) is 0 Å². The fraction of sp³-hybridized carbons (Fsp3) is 0.933. The van der Waals surface area contributed by atoms with Crippen molar-refractivity contribution in [3.63, 3.8) is 0 Å². The van der Waals surface area contributed by atoms with Crippen LogP contribution in [0.15, 0.2) is 0 Å². The Morgan fingerprint density at radius 3 is 2.19 bits per heavy atom. The van der Waals surface area contributed by atoms with Crippen molar-refractivity contribution < 1.29 is 19.0 Å². The largest absolute Gasteiger partial charge is 0.444 e. The van der Waals surface area contributed by atoms with E-state index in [0.29, 0.717) is 19.8 Å². The Kier molecular flexibility index (Phi) is 5.63. The van der Waals surface area contributed by atoms with Crippen molar-refractivity contribution in [1.29, 1.82) is 0 Å². The zero-order chi connectivity index (χ0) is 16.3. The van der Waals surface area contributed by atoms with Crippen molar-refractivity contribution in [1.82, 2.24) is 10.6 Å². The molecule has 0 spiro atoms. The van der Waals surface area contributed by atoms with Crippen LogP contribution in [0.2, 0.25) is 0 Å². The zero-order valence-corrected chi connectivity index (χ0v) is 14.3. The highest BCUT2D eigenvalue weighted by Crippen LogP contribution is 2.17. The molecule has 0 unspecified atom stereocenters. The molecule has 1 rings (SSSR count). The standard InChI is InChI=1S/C15H30N2O4/c1-13(2,3)21-12(18)17-14(4,5)10-16-11-8-19-15(6,7)20-9-11/h11,16H,8-10H2,1-7H3,(H,17,18). The molecule has 2 N–H and O–H groups in total. The average Bonchev–Trinajstić information content (AvgIpc) is 2.23. The molecule has 124 valence electrons. The lowest BCUT2D eigenvalue weighted by atomic mass is 10.1. The zero-order valence-electron chi connectivity index (χ0n) is 14.3. The number of hydrogen-bond acceptors (Lipinski definition) is 5. The molecule has 1 heterocycles. The van der Waals surface area contributed by atoms with Crippen molar-refractivity contribution >= 4 is 6.09 Å². The first-order chi connectivity index (χ1) is 9.39. The molecule has 6 nitrogen and oxygen atoms in total. The van der Waals surface area contributed by atoms with Crippen molar-refractivity contribution in [2.75, 3.05) is 19.8 Å². The summed E-state index contributed by atoms with van der Waals surface area (Å²) in [5, 5.41) is 6.21. The summed E-state index contributed by atoms with van der Waals surface area (Å²) in [6.07, 6.45) is -0.411. The second kappa shape index (κ2) is 6.50. The summed E-state index contributed by atoms with van der Waals surface area (Å²) in [6.45, 7) is 15.0. The highest BCUT2D eigenvalue weighted by Gasteiger charge is 2.30. The summed E-state index contributed by atoms with van der Waals surface area (Å²) in [5.41, 5.74) is -0.917. The van der Waals surface area contributed by atoms with Gasteiger partial charge in [-0.1, -0.05) is 0 Å². The molecule has 0 aromatic carbocycles. The molecule has 0 atom stereocenters. The first-order valence-corrected chi connectivity index (χ1v) is 7.41. The van der Waals surface area contributed by atoms with E-state index in [-0.39, 0.29) is 6.04 Å². The van der Waals surface area contributed by atoms with Gasteiger partial charge >= 0.3 is 6.09 Å². The van der Waals surface area contributed by atoms with Crippen molar-refractivity contribution in [3.05, 3.63) is 0 Å². The maximum Gasteiger partial charge on any atom is 0.408 e. The van der Waals surface area contributed by atoms with E-state index in [4.69, 9.17) is 14.2 Å². The van der Waals surface area contributed by atoms with E-state index in [1.54, 1.807) is 0 Å². The predicted octanol–water partition coefficient (Wildman–Crippen LogP) is 2.03. The van der Waals surface area contributed by atoms with Crippen LogP contribution in [-0.2, 0) is 14.2 Å². The van der Waals surface area contributed by atoms with Crippen LogP contribution in [-0.4, -0.2) is 48.8 Å². The van der Waals surface area contributed by atoms with E-state index in [1.807, 2.05) is 48.5 Å². The average molecular weight is 302 g/mol. The Labute approximate surface area is 127 Å². The maximum atomic E-state index is 11.8. The topological polar surface area (TPSA) is 68.8 Å². The number of nitrogens with one attached hydrogen (secondary N) is 2. The third kappa shape index (κ3) is 7.64. The number of rotatable bonds is 4. The molecule has 0 aromatic heterocycles.